The van der Waals surface area contributed by atoms with E-state index < -0.39 is 0 Å². The van der Waals surface area contributed by atoms with Crippen molar-refractivity contribution < 1.29 is 0 Å². The Morgan fingerprint density at radius 2 is 1.70 bits per heavy atom. The Morgan fingerprint density at radius 1 is 1.20 bits per heavy atom. The fourth-order valence-electron chi connectivity index (χ4n) is 0.382. The summed E-state index contributed by atoms with van der Waals surface area (Å²) < 4.78 is 0. The van der Waals surface area contributed by atoms with Gasteiger partial charge in [-0.1, -0.05) is 35.4 Å². The van der Waals surface area contributed by atoms with Gasteiger partial charge in [-0.2, -0.15) is 0 Å². The molecule has 0 unspecified atom stereocenters. The molecule has 56 valence electrons. The van der Waals surface area contributed by atoms with E-state index in [2.05, 4.69) is 6.58 Å². The molecule has 0 bridgehead atoms. The summed E-state index contributed by atoms with van der Waals surface area (Å²) in [5.74, 6) is 0. The molecule has 0 saturated heterocycles. The van der Waals surface area contributed by atoms with Crippen molar-refractivity contribution >= 4 is 11.6 Å². The van der Waals surface area contributed by atoms with Gasteiger partial charge < -0.3 is 0 Å². The van der Waals surface area contributed by atoms with E-state index in [1.165, 1.54) is 0 Å². The van der Waals surface area contributed by atoms with Crippen LogP contribution in [0.2, 0.25) is 0 Å². The lowest BCUT2D eigenvalue weighted by Gasteiger charge is -1.91. The van der Waals surface area contributed by atoms with Crippen LogP contribution < -0.4 is 0 Å². The third-order valence-electron chi connectivity index (χ3n) is 0.992. The molecule has 0 saturated carbocycles. The van der Waals surface area contributed by atoms with Gasteiger partial charge in [0.2, 0.25) is 0 Å². The normalized spacial score (nSPS) is 10.0. The summed E-state index contributed by atoms with van der Waals surface area (Å²) in [5.41, 5.74) is 2.14. The monoisotopic (exact) mass is 156 g/mol. The molecule has 0 N–H and O–H groups in total. The van der Waals surface area contributed by atoms with Crippen molar-refractivity contribution in [3.63, 3.8) is 0 Å². The number of rotatable bonds is 2. The molecular weight excluding hydrogens is 144 g/mol. The second-order valence-corrected chi connectivity index (χ2v) is 2.93. The SMILES string of the molecule is C=C(C)C=CC(Cl)=C(C)C. The van der Waals surface area contributed by atoms with Gasteiger partial charge in [0.15, 0.2) is 0 Å². The van der Waals surface area contributed by atoms with Crippen molar-refractivity contribution in [3.05, 3.63) is 34.9 Å². The van der Waals surface area contributed by atoms with Crippen molar-refractivity contribution in [1.82, 2.24) is 0 Å². The molecule has 0 aliphatic carbocycles. The van der Waals surface area contributed by atoms with E-state index >= 15 is 0 Å². The maximum Gasteiger partial charge on any atom is 0.0392 e. The van der Waals surface area contributed by atoms with Crippen LogP contribution in [-0.2, 0) is 0 Å². The third kappa shape index (κ3) is 4.39. The van der Waals surface area contributed by atoms with Crippen molar-refractivity contribution in [2.75, 3.05) is 0 Å². The van der Waals surface area contributed by atoms with Gasteiger partial charge in [-0.05, 0) is 26.8 Å². The first-order chi connectivity index (χ1) is 4.54. The summed E-state index contributed by atoms with van der Waals surface area (Å²) in [6.45, 7) is 9.61. The highest BCUT2D eigenvalue weighted by Crippen LogP contribution is 2.10. The lowest BCUT2D eigenvalue weighted by atomic mass is 10.2. The van der Waals surface area contributed by atoms with Crippen LogP contribution in [0.1, 0.15) is 20.8 Å². The number of hydrogen-bond donors (Lipinski definition) is 0. The molecule has 0 aromatic rings. The number of halogens is 1. The molecule has 0 atom stereocenters. The van der Waals surface area contributed by atoms with Gasteiger partial charge in [0.1, 0.15) is 0 Å². The van der Waals surface area contributed by atoms with Crippen LogP contribution in [0.3, 0.4) is 0 Å². The average molecular weight is 157 g/mol. The minimum atomic E-state index is 0.794. The Labute approximate surface area is 67.9 Å². The molecule has 0 heterocycles. The highest BCUT2D eigenvalue weighted by Gasteiger charge is 1.86. The minimum absolute atomic E-state index is 0.794. The van der Waals surface area contributed by atoms with Gasteiger partial charge in [0.05, 0.1) is 0 Å². The molecule has 0 rings (SSSR count). The summed E-state index contributed by atoms with van der Waals surface area (Å²) in [5, 5.41) is 0.794. The molecule has 0 nitrogen and oxygen atoms in total. The molecule has 0 aromatic heterocycles. The van der Waals surface area contributed by atoms with E-state index in [9.17, 15) is 0 Å². The van der Waals surface area contributed by atoms with Crippen molar-refractivity contribution in [3.8, 4) is 0 Å². The zero-order valence-electron chi connectivity index (χ0n) is 6.74. The van der Waals surface area contributed by atoms with E-state index in [4.69, 9.17) is 11.6 Å². The van der Waals surface area contributed by atoms with E-state index in [0.29, 0.717) is 0 Å². The van der Waals surface area contributed by atoms with E-state index in [1.54, 1.807) is 0 Å². The predicted molar refractivity (Wildman–Crippen MR) is 48.2 cm³/mol. The van der Waals surface area contributed by atoms with Crippen LogP contribution >= 0.6 is 11.6 Å². The van der Waals surface area contributed by atoms with Crippen LogP contribution in [0, 0.1) is 0 Å². The summed E-state index contributed by atoms with van der Waals surface area (Å²) >= 11 is 5.81. The summed E-state index contributed by atoms with van der Waals surface area (Å²) in [6.07, 6.45) is 3.76. The molecule has 0 aliphatic heterocycles. The second kappa shape index (κ2) is 4.35. The molecule has 10 heavy (non-hydrogen) atoms. The Bertz CT molecular complexity index is 181. The smallest absolute Gasteiger partial charge is 0.0392 e. The Hall–Kier alpha value is -0.490. The standard InChI is InChI=1S/C9H13Cl/c1-7(2)5-6-9(10)8(3)4/h5-6H,1H2,2-4H3. The van der Waals surface area contributed by atoms with E-state index in [-0.39, 0.29) is 0 Å². The fourth-order valence-corrected chi connectivity index (χ4v) is 0.445. The lowest BCUT2D eigenvalue weighted by molar-refractivity contribution is 1.37. The van der Waals surface area contributed by atoms with Gasteiger partial charge in [-0.3, -0.25) is 0 Å². The van der Waals surface area contributed by atoms with Crippen molar-refractivity contribution in [2.45, 2.75) is 20.8 Å². The second-order valence-electron chi connectivity index (χ2n) is 2.53. The zero-order valence-corrected chi connectivity index (χ0v) is 7.50. The Morgan fingerprint density at radius 3 is 2.00 bits per heavy atom. The largest absolute Gasteiger partial charge is 0.0961 e. The number of hydrogen-bond acceptors (Lipinski definition) is 0. The maximum atomic E-state index is 5.81. The quantitative estimate of drug-likeness (QED) is 0.536. The topological polar surface area (TPSA) is 0 Å². The van der Waals surface area contributed by atoms with Gasteiger partial charge >= 0.3 is 0 Å². The summed E-state index contributed by atoms with van der Waals surface area (Å²) in [7, 11) is 0. The van der Waals surface area contributed by atoms with Gasteiger partial charge in [0, 0.05) is 5.03 Å². The molecule has 0 aromatic carbocycles. The molecule has 0 radical (unpaired) electrons. The molecule has 0 amide bonds. The average Bonchev–Trinajstić information content (AvgIpc) is 1.82. The van der Waals surface area contributed by atoms with Crippen LogP contribution in [0.25, 0.3) is 0 Å². The number of allylic oxidation sites excluding steroid dienone is 5. The van der Waals surface area contributed by atoms with E-state index in [0.717, 1.165) is 16.2 Å². The first-order valence-corrected chi connectivity index (χ1v) is 3.58. The van der Waals surface area contributed by atoms with Gasteiger partial charge in [-0.25, -0.2) is 0 Å². The molecular formula is C9H13Cl. The highest BCUT2D eigenvalue weighted by atomic mass is 35.5. The molecule has 0 spiro atoms. The van der Waals surface area contributed by atoms with Crippen LogP contribution in [0.15, 0.2) is 34.9 Å². The van der Waals surface area contributed by atoms with Crippen LogP contribution in [0.4, 0.5) is 0 Å². The summed E-state index contributed by atoms with van der Waals surface area (Å²) in [6, 6.07) is 0. The van der Waals surface area contributed by atoms with E-state index in [1.807, 2.05) is 32.9 Å². The molecule has 0 fully saturated rings. The van der Waals surface area contributed by atoms with Gasteiger partial charge in [0.25, 0.3) is 0 Å². The lowest BCUT2D eigenvalue weighted by Crippen LogP contribution is -1.69. The fraction of sp³-hybridized carbons (Fsp3) is 0.333. The minimum Gasteiger partial charge on any atom is -0.0961 e. The predicted octanol–water partition coefficient (Wildman–Crippen LogP) is 3.65. The van der Waals surface area contributed by atoms with Crippen molar-refractivity contribution in [2.24, 2.45) is 0 Å². The van der Waals surface area contributed by atoms with Crippen LogP contribution in [-0.4, -0.2) is 0 Å². The third-order valence-corrected chi connectivity index (χ3v) is 1.50. The first kappa shape index (κ1) is 9.51. The first-order valence-electron chi connectivity index (χ1n) is 3.20. The maximum absolute atomic E-state index is 5.81. The van der Waals surface area contributed by atoms with Gasteiger partial charge in [-0.15, -0.1) is 0 Å². The zero-order chi connectivity index (χ0) is 8.15. The Balaban J connectivity index is 4.16. The van der Waals surface area contributed by atoms with Crippen LogP contribution in [0.5, 0.6) is 0 Å². The summed E-state index contributed by atoms with van der Waals surface area (Å²) in [4.78, 5) is 0. The molecule has 1 heteroatoms. The highest BCUT2D eigenvalue weighted by molar-refractivity contribution is 6.31. The molecule has 0 aliphatic rings. The Kier molecular flexibility index (Phi) is 4.13. The van der Waals surface area contributed by atoms with Crippen molar-refractivity contribution in [1.29, 1.82) is 0 Å².